The monoisotopic (exact) mass is 225 g/mol. The maximum Gasteiger partial charge on any atom is 0.0417 e. The van der Waals surface area contributed by atoms with Crippen molar-refractivity contribution in [1.29, 1.82) is 0 Å². The van der Waals surface area contributed by atoms with Gasteiger partial charge in [0.2, 0.25) is 0 Å². The van der Waals surface area contributed by atoms with E-state index in [2.05, 4.69) is 45.1 Å². The Morgan fingerprint density at radius 3 is 2.53 bits per heavy atom. The van der Waals surface area contributed by atoms with Gasteiger partial charge in [-0.2, -0.15) is 0 Å². The lowest BCUT2D eigenvalue weighted by Crippen LogP contribution is -2.21. The molecule has 0 fully saturated rings. The Morgan fingerprint density at radius 1 is 1.33 bits per heavy atom. The minimum Gasteiger partial charge on any atom is -0.310 e. The van der Waals surface area contributed by atoms with Gasteiger partial charge in [0, 0.05) is 15.8 Å². The van der Waals surface area contributed by atoms with E-state index in [0.717, 1.165) is 12.5 Å². The van der Waals surface area contributed by atoms with E-state index >= 15 is 0 Å². The number of thiophene rings is 1. The molecular weight excluding hydrogens is 202 g/mol. The van der Waals surface area contributed by atoms with E-state index in [1.807, 2.05) is 11.3 Å². The minimum absolute atomic E-state index is 0.559. The summed E-state index contributed by atoms with van der Waals surface area (Å²) in [5.74, 6) is 0.802. The molecule has 1 nitrogen and oxygen atoms in total. The van der Waals surface area contributed by atoms with Crippen LogP contribution in [0.25, 0.3) is 0 Å². The summed E-state index contributed by atoms with van der Waals surface area (Å²) in [6, 6.07) is 5.06. The molecule has 0 spiro atoms. The first-order chi connectivity index (χ1) is 7.17. The first-order valence-corrected chi connectivity index (χ1v) is 6.78. The molecule has 0 aromatic carbocycles. The summed E-state index contributed by atoms with van der Waals surface area (Å²) in [6.45, 7) is 10.0. The van der Waals surface area contributed by atoms with Gasteiger partial charge in [-0.25, -0.2) is 0 Å². The quantitative estimate of drug-likeness (QED) is 0.767. The predicted molar refractivity (Wildman–Crippen MR) is 69.5 cm³/mol. The second-order valence-electron chi connectivity index (χ2n) is 4.31. The Labute approximate surface area is 97.9 Å². The summed E-state index contributed by atoms with van der Waals surface area (Å²) in [7, 11) is 0. The number of hydrogen-bond acceptors (Lipinski definition) is 2. The Kier molecular flexibility index (Phi) is 5.34. The normalized spacial score (nSPS) is 15.2. The fourth-order valence-corrected chi connectivity index (χ4v) is 2.72. The van der Waals surface area contributed by atoms with Crippen LogP contribution in [0.1, 0.15) is 49.4 Å². The van der Waals surface area contributed by atoms with Crippen LogP contribution in [0, 0.1) is 12.8 Å². The van der Waals surface area contributed by atoms with Crippen LogP contribution in [-0.4, -0.2) is 6.54 Å². The van der Waals surface area contributed by atoms with Gasteiger partial charge in [0.1, 0.15) is 0 Å². The molecule has 1 rings (SSSR count). The molecular formula is C13H23NS. The van der Waals surface area contributed by atoms with E-state index in [4.69, 9.17) is 0 Å². The molecule has 0 aliphatic carbocycles. The van der Waals surface area contributed by atoms with Crippen molar-refractivity contribution >= 4 is 11.3 Å². The lowest BCUT2D eigenvalue weighted by atomic mass is 9.98. The van der Waals surface area contributed by atoms with Crippen molar-refractivity contribution in [3.8, 4) is 0 Å². The van der Waals surface area contributed by atoms with Crippen LogP contribution in [0.2, 0.25) is 0 Å². The van der Waals surface area contributed by atoms with E-state index in [9.17, 15) is 0 Å². The highest BCUT2D eigenvalue weighted by Crippen LogP contribution is 2.28. The number of hydrogen-bond donors (Lipinski definition) is 1. The van der Waals surface area contributed by atoms with Crippen molar-refractivity contribution in [1.82, 2.24) is 5.32 Å². The average Bonchev–Trinajstić information content (AvgIpc) is 2.64. The zero-order valence-electron chi connectivity index (χ0n) is 10.3. The first-order valence-electron chi connectivity index (χ1n) is 5.97. The highest BCUT2D eigenvalue weighted by atomic mass is 32.1. The number of nitrogens with one attached hydrogen (secondary N) is 1. The zero-order chi connectivity index (χ0) is 11.3. The second kappa shape index (κ2) is 6.29. The van der Waals surface area contributed by atoms with Gasteiger partial charge in [0.25, 0.3) is 0 Å². The Morgan fingerprint density at radius 2 is 2.07 bits per heavy atom. The lowest BCUT2D eigenvalue weighted by molar-refractivity contribution is 0.412. The Bertz CT molecular complexity index is 280. The SMILES string of the molecule is CCNC(CC(C)CC)c1ccc(C)s1. The van der Waals surface area contributed by atoms with Crippen molar-refractivity contribution in [2.75, 3.05) is 6.54 Å². The van der Waals surface area contributed by atoms with E-state index in [-0.39, 0.29) is 0 Å². The van der Waals surface area contributed by atoms with Gasteiger partial charge in [-0.15, -0.1) is 11.3 Å². The summed E-state index contributed by atoms with van der Waals surface area (Å²) < 4.78 is 0. The van der Waals surface area contributed by atoms with Crippen molar-refractivity contribution < 1.29 is 0 Å². The number of rotatable bonds is 6. The zero-order valence-corrected chi connectivity index (χ0v) is 11.2. The summed E-state index contributed by atoms with van der Waals surface area (Å²) >= 11 is 1.93. The van der Waals surface area contributed by atoms with Crippen LogP contribution in [0.4, 0.5) is 0 Å². The summed E-state index contributed by atoms with van der Waals surface area (Å²) in [5.41, 5.74) is 0. The molecule has 0 aliphatic rings. The first kappa shape index (κ1) is 12.7. The van der Waals surface area contributed by atoms with Crippen LogP contribution in [0.15, 0.2) is 12.1 Å². The smallest absolute Gasteiger partial charge is 0.0417 e. The van der Waals surface area contributed by atoms with Crippen LogP contribution in [-0.2, 0) is 0 Å². The molecule has 86 valence electrons. The molecule has 0 radical (unpaired) electrons. The van der Waals surface area contributed by atoms with Crippen LogP contribution >= 0.6 is 11.3 Å². The van der Waals surface area contributed by atoms with Crippen molar-refractivity contribution in [3.05, 3.63) is 21.9 Å². The molecule has 1 heterocycles. The van der Waals surface area contributed by atoms with Gasteiger partial charge in [-0.3, -0.25) is 0 Å². The third-order valence-corrected chi connectivity index (χ3v) is 4.00. The Hall–Kier alpha value is -0.340. The highest BCUT2D eigenvalue weighted by molar-refractivity contribution is 7.12. The number of aryl methyl sites for hydroxylation is 1. The van der Waals surface area contributed by atoms with Crippen molar-refractivity contribution in [2.24, 2.45) is 5.92 Å². The molecule has 2 atom stereocenters. The van der Waals surface area contributed by atoms with Gasteiger partial charge in [0.15, 0.2) is 0 Å². The molecule has 15 heavy (non-hydrogen) atoms. The van der Waals surface area contributed by atoms with Crippen molar-refractivity contribution in [3.63, 3.8) is 0 Å². The fourth-order valence-electron chi connectivity index (χ4n) is 1.76. The molecule has 0 aliphatic heterocycles. The Balaban J connectivity index is 2.65. The molecule has 2 unspecified atom stereocenters. The van der Waals surface area contributed by atoms with Crippen molar-refractivity contribution in [2.45, 2.75) is 46.6 Å². The highest BCUT2D eigenvalue weighted by Gasteiger charge is 2.14. The van der Waals surface area contributed by atoms with E-state index in [0.29, 0.717) is 6.04 Å². The third kappa shape index (κ3) is 3.96. The van der Waals surface area contributed by atoms with Crippen LogP contribution < -0.4 is 5.32 Å². The fraction of sp³-hybridized carbons (Fsp3) is 0.692. The summed E-state index contributed by atoms with van der Waals surface area (Å²) in [5, 5.41) is 3.59. The van der Waals surface area contributed by atoms with E-state index < -0.39 is 0 Å². The lowest BCUT2D eigenvalue weighted by Gasteiger charge is -2.19. The molecule has 0 saturated heterocycles. The summed E-state index contributed by atoms with van der Waals surface area (Å²) in [4.78, 5) is 2.91. The standard InChI is InChI=1S/C13H23NS/c1-5-10(3)9-12(14-6-2)13-8-7-11(4)15-13/h7-8,10,12,14H,5-6,9H2,1-4H3. The largest absolute Gasteiger partial charge is 0.310 e. The van der Waals surface area contributed by atoms with Gasteiger partial charge in [0.05, 0.1) is 0 Å². The predicted octanol–water partition coefficient (Wildman–Crippen LogP) is 4.14. The average molecular weight is 225 g/mol. The molecule has 0 amide bonds. The minimum atomic E-state index is 0.559. The molecule has 0 saturated carbocycles. The van der Waals surface area contributed by atoms with E-state index in [1.54, 1.807) is 0 Å². The van der Waals surface area contributed by atoms with E-state index in [1.165, 1.54) is 22.6 Å². The molecule has 1 aromatic heterocycles. The maximum atomic E-state index is 3.59. The second-order valence-corrected chi connectivity index (χ2v) is 5.63. The molecule has 0 bridgehead atoms. The van der Waals surface area contributed by atoms with Crippen LogP contribution in [0.5, 0.6) is 0 Å². The van der Waals surface area contributed by atoms with Crippen LogP contribution in [0.3, 0.4) is 0 Å². The topological polar surface area (TPSA) is 12.0 Å². The van der Waals surface area contributed by atoms with Gasteiger partial charge < -0.3 is 5.32 Å². The van der Waals surface area contributed by atoms with Gasteiger partial charge in [-0.05, 0) is 37.9 Å². The molecule has 1 N–H and O–H groups in total. The van der Waals surface area contributed by atoms with Gasteiger partial charge in [-0.1, -0.05) is 27.2 Å². The summed E-state index contributed by atoms with van der Waals surface area (Å²) in [6.07, 6.45) is 2.52. The third-order valence-electron chi connectivity index (χ3n) is 2.89. The molecule has 1 aromatic rings. The molecule has 2 heteroatoms. The van der Waals surface area contributed by atoms with Gasteiger partial charge >= 0.3 is 0 Å². The maximum absolute atomic E-state index is 3.59.